The van der Waals surface area contributed by atoms with E-state index in [4.69, 9.17) is 5.26 Å². The molecule has 1 N–H and O–H groups in total. The lowest BCUT2D eigenvalue weighted by Gasteiger charge is -2.21. The van der Waals surface area contributed by atoms with Gasteiger partial charge in [0.05, 0.1) is 12.0 Å². The molecule has 0 saturated heterocycles. The largest absolute Gasteiger partial charge is 0.451 e. The Labute approximate surface area is 121 Å². The maximum atomic E-state index is 12.8. The predicted molar refractivity (Wildman–Crippen MR) is 73.9 cm³/mol. The lowest BCUT2D eigenvalue weighted by Crippen LogP contribution is -2.26. The normalized spacial score (nSPS) is 12.6. The molecule has 0 aliphatic heterocycles. The van der Waals surface area contributed by atoms with Gasteiger partial charge in [0.25, 0.3) is 0 Å². The molecule has 21 heavy (non-hydrogen) atoms. The zero-order valence-electron chi connectivity index (χ0n) is 12.2. The molecule has 1 rings (SSSR count). The fourth-order valence-electron chi connectivity index (χ4n) is 1.65. The van der Waals surface area contributed by atoms with E-state index >= 15 is 0 Å². The molecule has 0 amide bonds. The molecule has 0 aromatic carbocycles. The number of hydrogen-bond acceptors (Lipinski definition) is 5. The number of rotatable bonds is 6. The number of nitrogens with zero attached hydrogens (tertiary/aromatic N) is 4. The molecule has 116 valence electrons. The van der Waals surface area contributed by atoms with Gasteiger partial charge in [0.15, 0.2) is 0 Å². The van der Waals surface area contributed by atoms with Crippen molar-refractivity contribution in [2.75, 3.05) is 30.4 Å². The average Bonchev–Trinajstić information content (AvgIpc) is 2.43. The summed E-state index contributed by atoms with van der Waals surface area (Å²) >= 11 is 0. The number of aromatic nitrogens is 2. The quantitative estimate of drug-likeness (QED) is 0.875. The maximum Gasteiger partial charge on any atom is 0.451 e. The Morgan fingerprint density at radius 2 is 2.10 bits per heavy atom. The highest BCUT2D eigenvalue weighted by atomic mass is 19.4. The molecule has 5 nitrogen and oxygen atoms in total. The Morgan fingerprint density at radius 3 is 2.62 bits per heavy atom. The third-order valence-corrected chi connectivity index (χ3v) is 2.68. The molecule has 1 aromatic rings. The summed E-state index contributed by atoms with van der Waals surface area (Å²) in [5.41, 5.74) is 0. The van der Waals surface area contributed by atoms with Gasteiger partial charge in [0, 0.05) is 26.2 Å². The van der Waals surface area contributed by atoms with Gasteiger partial charge in [-0.25, -0.2) is 9.97 Å². The summed E-state index contributed by atoms with van der Waals surface area (Å²) in [6.07, 6.45) is -3.84. The zero-order valence-corrected chi connectivity index (χ0v) is 12.2. The second-order valence-corrected chi connectivity index (χ2v) is 4.77. The third-order valence-electron chi connectivity index (χ3n) is 2.68. The fourth-order valence-corrected chi connectivity index (χ4v) is 1.65. The van der Waals surface area contributed by atoms with Crippen LogP contribution in [0.2, 0.25) is 0 Å². The summed E-state index contributed by atoms with van der Waals surface area (Å²) < 4.78 is 38.5. The van der Waals surface area contributed by atoms with Crippen molar-refractivity contribution in [2.45, 2.75) is 26.4 Å². The summed E-state index contributed by atoms with van der Waals surface area (Å²) in [6, 6.07) is 3.49. The molecule has 0 bridgehead atoms. The highest BCUT2D eigenvalue weighted by Crippen LogP contribution is 2.29. The molecule has 0 spiro atoms. The number of hydrogen-bond donors (Lipinski definition) is 1. The van der Waals surface area contributed by atoms with Gasteiger partial charge in [-0.3, -0.25) is 0 Å². The van der Waals surface area contributed by atoms with E-state index in [1.165, 1.54) is 11.0 Å². The van der Waals surface area contributed by atoms with Gasteiger partial charge in [0.1, 0.15) is 11.6 Å². The van der Waals surface area contributed by atoms with Crippen LogP contribution in [-0.2, 0) is 6.18 Å². The molecule has 1 unspecified atom stereocenters. The molecule has 0 aliphatic carbocycles. The number of nitriles is 1. The van der Waals surface area contributed by atoms with Crippen molar-refractivity contribution in [2.24, 2.45) is 5.92 Å². The van der Waals surface area contributed by atoms with Crippen molar-refractivity contribution in [3.8, 4) is 6.07 Å². The van der Waals surface area contributed by atoms with Crippen LogP contribution in [0.15, 0.2) is 6.07 Å². The molecule has 0 saturated carbocycles. The van der Waals surface area contributed by atoms with Crippen LogP contribution in [0.4, 0.5) is 24.8 Å². The first-order valence-corrected chi connectivity index (χ1v) is 6.58. The monoisotopic (exact) mass is 301 g/mol. The first-order chi connectivity index (χ1) is 9.77. The first-order valence-electron chi connectivity index (χ1n) is 6.58. The molecule has 0 radical (unpaired) electrons. The van der Waals surface area contributed by atoms with Crippen LogP contribution in [0.25, 0.3) is 0 Å². The van der Waals surface area contributed by atoms with Crippen LogP contribution >= 0.6 is 0 Å². The average molecular weight is 301 g/mol. The minimum atomic E-state index is -4.61. The Kier molecular flexibility index (Phi) is 5.76. The summed E-state index contributed by atoms with van der Waals surface area (Å²) in [7, 11) is 1.60. The lowest BCUT2D eigenvalue weighted by atomic mass is 10.2. The van der Waals surface area contributed by atoms with Crippen LogP contribution in [-0.4, -0.2) is 30.1 Å². The Hall–Kier alpha value is -2.04. The van der Waals surface area contributed by atoms with Crippen molar-refractivity contribution >= 4 is 11.6 Å². The van der Waals surface area contributed by atoms with Crippen LogP contribution < -0.4 is 10.2 Å². The fraction of sp³-hybridized carbons (Fsp3) is 0.615. The second kappa shape index (κ2) is 7.11. The Bertz CT molecular complexity index is 510. The molecule has 0 aliphatic rings. The van der Waals surface area contributed by atoms with Gasteiger partial charge in [0.2, 0.25) is 5.82 Å². The highest BCUT2D eigenvalue weighted by Gasteiger charge is 2.35. The molecule has 8 heteroatoms. The minimum absolute atomic E-state index is 0.130. The standard InChI is InChI=1S/C13H18F3N5/c1-4-5-18-10-6-11(21(3)8-9(2)7-17)20-12(19-10)13(14,15)16/h6,9H,4-5,8H2,1-3H3,(H,18,19,20). The summed E-state index contributed by atoms with van der Waals surface area (Å²) in [5, 5.41) is 11.6. The number of anilines is 2. The topological polar surface area (TPSA) is 64.8 Å². The second-order valence-electron chi connectivity index (χ2n) is 4.77. The summed E-state index contributed by atoms with van der Waals surface area (Å²) in [6.45, 7) is 4.41. The smallest absolute Gasteiger partial charge is 0.370 e. The van der Waals surface area contributed by atoms with Gasteiger partial charge in [-0.05, 0) is 13.3 Å². The van der Waals surface area contributed by atoms with E-state index in [1.54, 1.807) is 14.0 Å². The van der Waals surface area contributed by atoms with Crippen molar-refractivity contribution < 1.29 is 13.2 Å². The number of halogens is 3. The van der Waals surface area contributed by atoms with Crippen LogP contribution in [0.1, 0.15) is 26.1 Å². The molecular formula is C13H18F3N5. The summed E-state index contributed by atoms with van der Waals surface area (Å²) in [5.74, 6) is -1.23. The minimum Gasteiger partial charge on any atom is -0.370 e. The lowest BCUT2D eigenvalue weighted by molar-refractivity contribution is -0.144. The predicted octanol–water partition coefficient (Wildman–Crippen LogP) is 2.91. The van der Waals surface area contributed by atoms with Gasteiger partial charge >= 0.3 is 6.18 Å². The van der Waals surface area contributed by atoms with Gasteiger partial charge in [-0.1, -0.05) is 6.92 Å². The van der Waals surface area contributed by atoms with E-state index in [-0.39, 0.29) is 24.1 Å². The molecule has 1 atom stereocenters. The number of nitrogens with one attached hydrogen (secondary N) is 1. The van der Waals surface area contributed by atoms with E-state index in [0.717, 1.165) is 6.42 Å². The van der Waals surface area contributed by atoms with E-state index in [9.17, 15) is 13.2 Å². The van der Waals surface area contributed by atoms with Crippen molar-refractivity contribution in [3.05, 3.63) is 11.9 Å². The van der Waals surface area contributed by atoms with Crippen LogP contribution in [0.5, 0.6) is 0 Å². The molecule has 0 fully saturated rings. The molecule has 1 aromatic heterocycles. The van der Waals surface area contributed by atoms with Gasteiger partial charge in [-0.2, -0.15) is 18.4 Å². The summed E-state index contributed by atoms with van der Waals surface area (Å²) in [4.78, 5) is 8.54. The Balaban J connectivity index is 3.09. The van der Waals surface area contributed by atoms with E-state index < -0.39 is 12.0 Å². The van der Waals surface area contributed by atoms with E-state index in [0.29, 0.717) is 6.54 Å². The SMILES string of the molecule is CCCNc1cc(N(C)CC(C)C#N)nc(C(F)(F)F)n1. The van der Waals surface area contributed by atoms with Crippen molar-refractivity contribution in [3.63, 3.8) is 0 Å². The van der Waals surface area contributed by atoms with Crippen LogP contribution in [0, 0.1) is 17.2 Å². The highest BCUT2D eigenvalue weighted by molar-refractivity contribution is 5.49. The van der Waals surface area contributed by atoms with Crippen LogP contribution in [0.3, 0.4) is 0 Å². The van der Waals surface area contributed by atoms with Crippen molar-refractivity contribution in [1.82, 2.24) is 9.97 Å². The van der Waals surface area contributed by atoms with E-state index in [1.807, 2.05) is 13.0 Å². The first kappa shape index (κ1) is 17.0. The number of alkyl halides is 3. The maximum absolute atomic E-state index is 12.8. The Morgan fingerprint density at radius 1 is 1.43 bits per heavy atom. The van der Waals surface area contributed by atoms with Crippen molar-refractivity contribution in [1.29, 1.82) is 5.26 Å². The third kappa shape index (κ3) is 5.10. The van der Waals surface area contributed by atoms with E-state index in [2.05, 4.69) is 15.3 Å². The zero-order chi connectivity index (χ0) is 16.0. The molecular weight excluding hydrogens is 283 g/mol. The molecule has 1 heterocycles. The van der Waals surface area contributed by atoms with Gasteiger partial charge < -0.3 is 10.2 Å². The van der Waals surface area contributed by atoms with Gasteiger partial charge in [-0.15, -0.1) is 0 Å².